The lowest BCUT2D eigenvalue weighted by molar-refractivity contribution is -0.150. The van der Waals surface area contributed by atoms with Gasteiger partial charge in [-0.05, 0) is 39.5 Å². The summed E-state index contributed by atoms with van der Waals surface area (Å²) < 4.78 is 73.8. The van der Waals surface area contributed by atoms with E-state index in [1.165, 1.54) is 64.5 Å². The maximum atomic E-state index is 11.8. The van der Waals surface area contributed by atoms with Crippen LogP contribution in [0.4, 0.5) is 0 Å². The average molecular weight is 1260 g/mol. The summed E-state index contributed by atoms with van der Waals surface area (Å²) >= 11 is 0. The van der Waals surface area contributed by atoms with Gasteiger partial charge in [0.05, 0.1) is 177 Å². The van der Waals surface area contributed by atoms with E-state index in [4.69, 9.17) is 71.4 Å². The van der Waals surface area contributed by atoms with E-state index in [9.17, 15) is 9.59 Å². The van der Waals surface area contributed by atoms with E-state index in [0.29, 0.717) is 59.3 Å². The minimum atomic E-state index is -0.210. The number of hydrogen-bond donors (Lipinski definition) is 1. The first kappa shape index (κ1) is 78.6. The summed E-state index contributed by atoms with van der Waals surface area (Å²) in [6, 6.07) is 0.891. The molecule has 24 heteroatoms. The van der Waals surface area contributed by atoms with E-state index in [1.54, 1.807) is 7.11 Å². The number of aliphatic hydroxyl groups excluding tert-OH is 1. The first-order chi connectivity index (χ1) is 43.3. The molecule has 9 aliphatic rings. The van der Waals surface area contributed by atoms with Crippen LogP contribution >= 0.6 is 0 Å². The van der Waals surface area contributed by atoms with Crippen molar-refractivity contribution in [3.63, 3.8) is 0 Å². The molecule has 9 fully saturated rings. The van der Waals surface area contributed by atoms with Crippen LogP contribution in [0.25, 0.3) is 0 Å². The molecule has 0 aromatic rings. The molecule has 0 aromatic heterocycles. The highest BCUT2D eigenvalue weighted by molar-refractivity contribution is 5.72. The third-order valence-corrected chi connectivity index (χ3v) is 16.6. The average Bonchev–Trinajstić information content (AvgIpc) is 3.67. The largest absolute Gasteiger partial charge is 0.466 e. The van der Waals surface area contributed by atoms with Crippen molar-refractivity contribution in [2.45, 2.75) is 96.6 Å². The number of esters is 2. The Morgan fingerprint density at radius 3 is 1.12 bits per heavy atom. The van der Waals surface area contributed by atoms with E-state index >= 15 is 0 Å². The molecule has 0 aromatic carbocycles. The molecular weight excluding hydrogens is 1140 g/mol. The highest BCUT2D eigenvalue weighted by Crippen LogP contribution is 2.25. The number of carbonyl (C=O) groups is 2. The van der Waals surface area contributed by atoms with E-state index in [-0.39, 0.29) is 24.0 Å². The van der Waals surface area contributed by atoms with E-state index < -0.39 is 0 Å². The van der Waals surface area contributed by atoms with Gasteiger partial charge in [0, 0.05) is 144 Å². The zero-order valence-corrected chi connectivity index (χ0v) is 55.4. The van der Waals surface area contributed by atoms with Crippen molar-refractivity contribution in [3.05, 3.63) is 0 Å². The zero-order valence-electron chi connectivity index (χ0n) is 55.4. The Labute approximate surface area is 531 Å². The molecule has 24 nitrogen and oxygen atoms in total. The molecule has 0 spiro atoms. The third-order valence-electron chi connectivity index (χ3n) is 16.6. The van der Waals surface area contributed by atoms with Crippen LogP contribution in [0, 0.1) is 5.92 Å². The second kappa shape index (κ2) is 55.6. The van der Waals surface area contributed by atoms with Crippen LogP contribution in [-0.2, 0) is 75.9 Å². The highest BCUT2D eigenvalue weighted by Gasteiger charge is 2.24. The molecule has 7 heterocycles. The Hall–Kier alpha value is -1.86. The summed E-state index contributed by atoms with van der Waals surface area (Å²) in [6.07, 6.45) is 13.2. The van der Waals surface area contributed by atoms with Crippen molar-refractivity contribution in [3.8, 4) is 0 Å². The maximum absolute atomic E-state index is 11.8. The fourth-order valence-electron chi connectivity index (χ4n) is 11.3. The first-order valence-electron chi connectivity index (χ1n) is 34.3. The van der Waals surface area contributed by atoms with Crippen molar-refractivity contribution >= 4 is 11.9 Å². The number of ether oxygens (including phenoxy) is 14. The van der Waals surface area contributed by atoms with Crippen LogP contribution in [0.15, 0.2) is 0 Å². The molecule has 1 atom stereocenters. The summed E-state index contributed by atoms with van der Waals surface area (Å²) in [6.45, 7) is 42.4. The molecule has 7 saturated heterocycles. The number of hydrogen-bond acceptors (Lipinski definition) is 24. The Kier molecular flexibility index (Phi) is 49.6. The summed E-state index contributed by atoms with van der Waals surface area (Å²) in [5.74, 6) is 0.0976. The molecule has 1 unspecified atom stereocenters. The van der Waals surface area contributed by atoms with E-state index in [0.717, 1.165) is 249 Å². The summed E-state index contributed by atoms with van der Waals surface area (Å²) in [4.78, 5) is 39.3. The van der Waals surface area contributed by atoms with Crippen LogP contribution in [0.1, 0.15) is 84.5 Å². The molecule has 2 aliphatic carbocycles. The lowest BCUT2D eigenvalue weighted by Crippen LogP contribution is -2.44. The van der Waals surface area contributed by atoms with Gasteiger partial charge in [0.2, 0.25) is 0 Å². The second-order valence-electron chi connectivity index (χ2n) is 23.5. The number of aliphatic hydroxyl groups is 1. The molecule has 1 N–H and O–H groups in total. The standard InChI is InChI=1S/C13H27NO5.C13H23NO3.C12H24N2O3.C10H19NO.C9H17NO3.C7H15NO2/c1-15-8-9-18-12-13-19-11-10-17-7-4-14-2-5-16-6-3-14;15-13(12-4-2-1-3-5-12)17-11-8-14-6-9-16-10-7-14;1-7-15-8-2-13(1)5-11-17-12-6-14-3-9-16-10-4-14;1-2-4-10(5-3-1)11-6-8-12-9-7-11;1-2-13-9(11)3-4-10-5-7-12-8-6-10;1-7(9)6-8-2-4-10-5-3-8/h2-13H2,1H3;12H,1-11H2;1-12H2;10H,1-9H2;2-8H2,1H3;7,9H,2-6H2,1H3. The zero-order chi connectivity index (χ0) is 62.4. The lowest BCUT2D eigenvalue weighted by Gasteiger charge is -2.36. The number of β-amino-alcohol motifs (C(OH)–C–C–N with tert-alkyl or cyclic N) is 1. The van der Waals surface area contributed by atoms with Crippen LogP contribution in [0.2, 0.25) is 0 Å². The number of methoxy groups -OCH3 is 1. The maximum Gasteiger partial charge on any atom is 0.308 e. The molecule has 0 amide bonds. The number of morpholine rings is 7. The van der Waals surface area contributed by atoms with Gasteiger partial charge in [-0.25, -0.2) is 0 Å². The molecule has 0 bridgehead atoms. The van der Waals surface area contributed by atoms with Crippen molar-refractivity contribution in [1.82, 2.24) is 34.3 Å². The highest BCUT2D eigenvalue weighted by atomic mass is 16.6. The Morgan fingerprint density at radius 1 is 0.409 bits per heavy atom. The summed E-state index contributed by atoms with van der Waals surface area (Å²) in [5.41, 5.74) is 0. The molecule has 9 rings (SSSR count). The van der Waals surface area contributed by atoms with Crippen molar-refractivity contribution in [2.24, 2.45) is 5.92 Å². The van der Waals surface area contributed by atoms with Gasteiger partial charge < -0.3 is 71.4 Å². The normalized spacial score (nSPS) is 22.3. The monoisotopic (exact) mass is 1260 g/mol. The minimum Gasteiger partial charge on any atom is -0.466 e. The Morgan fingerprint density at radius 2 is 0.739 bits per heavy atom. The fourth-order valence-corrected chi connectivity index (χ4v) is 11.3. The van der Waals surface area contributed by atoms with E-state index in [1.807, 2.05) is 13.8 Å². The van der Waals surface area contributed by atoms with E-state index in [2.05, 4.69) is 34.3 Å². The fraction of sp³-hybridized carbons (Fsp3) is 0.969. The number of rotatable bonds is 29. The van der Waals surface area contributed by atoms with Crippen LogP contribution in [0.3, 0.4) is 0 Å². The van der Waals surface area contributed by atoms with Gasteiger partial charge in [0.25, 0.3) is 0 Å². The van der Waals surface area contributed by atoms with Gasteiger partial charge >= 0.3 is 11.9 Å². The SMILES string of the molecule is C1CCC(N2CCOCC2)CC1.C1CN(CCOCCN2CCOCC2)CCO1.CC(O)CN1CCOCC1.CCOC(=O)CCN1CCOCC1.COCCOCCOCCOCCN1CCOCC1.O=C(OCCN1CCOCC1)C1CCCCC1. The smallest absolute Gasteiger partial charge is 0.308 e. The third kappa shape index (κ3) is 42.4. The topological polar surface area (TPSA) is 206 Å². The van der Waals surface area contributed by atoms with Gasteiger partial charge in [0.1, 0.15) is 6.61 Å². The predicted molar refractivity (Wildman–Crippen MR) is 338 cm³/mol. The second-order valence-corrected chi connectivity index (χ2v) is 23.5. The quantitative estimate of drug-likeness (QED) is 0.0845. The molecular formula is C64H125N7O17. The van der Waals surface area contributed by atoms with Gasteiger partial charge in [-0.2, -0.15) is 0 Å². The van der Waals surface area contributed by atoms with Crippen LogP contribution in [0.5, 0.6) is 0 Å². The molecule has 518 valence electrons. The number of carbonyl (C=O) groups excluding carboxylic acids is 2. The molecule has 7 aliphatic heterocycles. The Balaban J connectivity index is 0.000000228. The van der Waals surface area contributed by atoms with Crippen molar-refractivity contribution in [2.75, 3.05) is 303 Å². The number of nitrogens with zero attached hydrogens (tertiary/aromatic N) is 7. The van der Waals surface area contributed by atoms with Gasteiger partial charge in [0.15, 0.2) is 0 Å². The molecule has 0 radical (unpaired) electrons. The first-order valence-corrected chi connectivity index (χ1v) is 34.3. The molecule has 88 heavy (non-hydrogen) atoms. The lowest BCUT2D eigenvalue weighted by atomic mass is 9.89. The minimum absolute atomic E-state index is 0.0259. The van der Waals surface area contributed by atoms with Crippen LogP contribution in [-0.4, -0.2) is 367 Å². The summed E-state index contributed by atoms with van der Waals surface area (Å²) in [7, 11) is 1.66. The molecule has 2 saturated carbocycles. The van der Waals surface area contributed by atoms with Crippen LogP contribution < -0.4 is 0 Å². The Bertz CT molecular complexity index is 1520. The van der Waals surface area contributed by atoms with Crippen molar-refractivity contribution in [1.29, 1.82) is 0 Å². The van der Waals surface area contributed by atoms with Gasteiger partial charge in [-0.1, -0.05) is 38.5 Å². The van der Waals surface area contributed by atoms with Crippen molar-refractivity contribution < 1.29 is 81.0 Å². The van der Waals surface area contributed by atoms with Gasteiger partial charge in [-0.15, -0.1) is 0 Å². The van der Waals surface area contributed by atoms with Gasteiger partial charge in [-0.3, -0.25) is 43.9 Å². The predicted octanol–water partition coefficient (Wildman–Crippen LogP) is 2.75. The summed E-state index contributed by atoms with van der Waals surface area (Å²) in [5, 5.41) is 9.02.